The zero-order chi connectivity index (χ0) is 17.6. The van der Waals surface area contributed by atoms with Gasteiger partial charge in [-0.2, -0.15) is 0 Å². The molecule has 0 bridgehead atoms. The summed E-state index contributed by atoms with van der Waals surface area (Å²) < 4.78 is 5.35. The van der Waals surface area contributed by atoms with Crippen LogP contribution >= 0.6 is 0 Å². The van der Waals surface area contributed by atoms with Gasteiger partial charge in [-0.1, -0.05) is 47.6 Å². The van der Waals surface area contributed by atoms with E-state index in [1.165, 1.54) is 5.69 Å². The Morgan fingerprint density at radius 1 is 1.00 bits per heavy atom. The van der Waals surface area contributed by atoms with Crippen LogP contribution in [0.4, 0.5) is 11.4 Å². The van der Waals surface area contributed by atoms with E-state index in [4.69, 9.17) is 4.52 Å². The molecule has 3 rings (SSSR count). The quantitative estimate of drug-likeness (QED) is 0.579. The van der Waals surface area contributed by atoms with E-state index in [9.17, 15) is 0 Å². The third kappa shape index (κ3) is 3.79. The van der Waals surface area contributed by atoms with Gasteiger partial charge >= 0.3 is 0 Å². The molecule has 3 aromatic rings. The van der Waals surface area contributed by atoms with Crippen LogP contribution in [0, 0.1) is 6.92 Å². The van der Waals surface area contributed by atoms with Crippen molar-refractivity contribution in [1.29, 1.82) is 0 Å². The van der Waals surface area contributed by atoms with Gasteiger partial charge in [-0.3, -0.25) is 4.99 Å². The molecule has 0 spiro atoms. The van der Waals surface area contributed by atoms with Gasteiger partial charge in [0.05, 0.1) is 0 Å². The Morgan fingerprint density at radius 3 is 2.32 bits per heavy atom. The number of hydrogen-bond acceptors (Lipinski definition) is 4. The average Bonchev–Trinajstić information content (AvgIpc) is 3.03. The van der Waals surface area contributed by atoms with Crippen LogP contribution in [0.15, 0.2) is 64.1 Å². The summed E-state index contributed by atoms with van der Waals surface area (Å²) in [5.74, 6) is 0.717. The van der Waals surface area contributed by atoms with Crippen LogP contribution in [-0.4, -0.2) is 24.5 Å². The Balaban J connectivity index is 1.84. The van der Waals surface area contributed by atoms with E-state index >= 15 is 0 Å². The fourth-order valence-electron chi connectivity index (χ4n) is 2.80. The summed E-state index contributed by atoms with van der Waals surface area (Å²) in [6, 6.07) is 18.4. The number of aryl methyl sites for hydroxylation is 1. The Morgan fingerprint density at radius 2 is 1.68 bits per heavy atom. The van der Waals surface area contributed by atoms with Crippen molar-refractivity contribution in [3.63, 3.8) is 0 Å². The predicted octanol–water partition coefficient (Wildman–Crippen LogP) is 5.25. The molecule has 0 saturated heterocycles. The molecule has 0 aliphatic rings. The van der Waals surface area contributed by atoms with Crippen molar-refractivity contribution in [2.45, 2.75) is 20.8 Å². The molecular weight excluding hydrogens is 310 g/mol. The van der Waals surface area contributed by atoms with E-state index in [2.05, 4.69) is 53.2 Å². The number of benzene rings is 2. The summed E-state index contributed by atoms with van der Waals surface area (Å²) in [6.07, 6.45) is 1.86. The van der Waals surface area contributed by atoms with Crippen molar-refractivity contribution in [2.75, 3.05) is 18.0 Å². The molecule has 0 aliphatic carbocycles. The van der Waals surface area contributed by atoms with Crippen LogP contribution in [0.3, 0.4) is 0 Å². The van der Waals surface area contributed by atoms with Crippen LogP contribution in [0.2, 0.25) is 0 Å². The Labute approximate surface area is 148 Å². The first-order valence-electron chi connectivity index (χ1n) is 8.63. The summed E-state index contributed by atoms with van der Waals surface area (Å²) in [7, 11) is 0. The highest BCUT2D eigenvalue weighted by molar-refractivity contribution is 5.85. The topological polar surface area (TPSA) is 41.6 Å². The second kappa shape index (κ2) is 7.79. The second-order valence-corrected chi connectivity index (χ2v) is 5.82. The number of nitrogens with zero attached hydrogens (tertiary/aromatic N) is 3. The molecule has 1 aromatic heterocycles. The lowest BCUT2D eigenvalue weighted by molar-refractivity contribution is 0.400. The first kappa shape index (κ1) is 17.0. The maximum absolute atomic E-state index is 5.35. The Hall–Kier alpha value is -2.88. The van der Waals surface area contributed by atoms with E-state index in [1.54, 1.807) is 0 Å². The van der Waals surface area contributed by atoms with Gasteiger partial charge in [-0.25, -0.2) is 0 Å². The molecule has 4 heteroatoms. The maximum atomic E-state index is 5.35. The van der Waals surface area contributed by atoms with E-state index in [1.807, 2.05) is 43.5 Å². The summed E-state index contributed by atoms with van der Waals surface area (Å²) in [6.45, 7) is 8.22. The van der Waals surface area contributed by atoms with Crippen LogP contribution in [0.5, 0.6) is 0 Å². The smallest absolute Gasteiger partial charge is 0.159 e. The summed E-state index contributed by atoms with van der Waals surface area (Å²) >= 11 is 0. The maximum Gasteiger partial charge on any atom is 0.159 e. The molecule has 0 fully saturated rings. The lowest BCUT2D eigenvalue weighted by Crippen LogP contribution is -2.21. The minimum atomic E-state index is 0.717. The van der Waals surface area contributed by atoms with Gasteiger partial charge in [0.2, 0.25) is 0 Å². The van der Waals surface area contributed by atoms with Crippen molar-refractivity contribution in [1.82, 2.24) is 5.16 Å². The molecule has 0 saturated carbocycles. The molecule has 0 atom stereocenters. The van der Waals surface area contributed by atoms with Crippen LogP contribution in [0.1, 0.15) is 25.2 Å². The van der Waals surface area contributed by atoms with Crippen LogP contribution in [-0.2, 0) is 0 Å². The third-order valence-corrected chi connectivity index (χ3v) is 4.24. The zero-order valence-corrected chi connectivity index (χ0v) is 14.9. The average molecular weight is 333 g/mol. The number of anilines is 1. The third-order valence-electron chi connectivity index (χ3n) is 4.24. The van der Waals surface area contributed by atoms with Crippen LogP contribution in [0.25, 0.3) is 11.3 Å². The lowest BCUT2D eigenvalue weighted by atomic mass is 10.1. The van der Waals surface area contributed by atoms with Gasteiger partial charge in [0.1, 0.15) is 11.4 Å². The van der Waals surface area contributed by atoms with Gasteiger partial charge in [0.25, 0.3) is 0 Å². The molecule has 1 heterocycles. The van der Waals surface area contributed by atoms with Gasteiger partial charge in [-0.05, 0) is 38.5 Å². The van der Waals surface area contributed by atoms with E-state index < -0.39 is 0 Å². The normalized spacial score (nSPS) is 11.2. The van der Waals surface area contributed by atoms with Gasteiger partial charge in [-0.15, -0.1) is 0 Å². The van der Waals surface area contributed by atoms with E-state index in [0.29, 0.717) is 0 Å². The molecule has 0 N–H and O–H groups in total. The van der Waals surface area contributed by atoms with Gasteiger partial charge in [0, 0.05) is 30.6 Å². The molecular formula is C21H23N3O. The predicted molar refractivity (Wildman–Crippen MR) is 104 cm³/mol. The zero-order valence-electron chi connectivity index (χ0n) is 14.9. The van der Waals surface area contributed by atoms with Crippen molar-refractivity contribution in [2.24, 2.45) is 4.99 Å². The highest BCUT2D eigenvalue weighted by Crippen LogP contribution is 2.32. The Kier molecular flexibility index (Phi) is 5.29. The largest absolute Gasteiger partial charge is 0.372 e. The number of aliphatic imine (C=N–C) groups is 1. The first-order valence-corrected chi connectivity index (χ1v) is 8.63. The molecule has 0 radical (unpaired) electrons. The molecule has 128 valence electrons. The van der Waals surface area contributed by atoms with Crippen molar-refractivity contribution in [3.05, 3.63) is 65.9 Å². The van der Waals surface area contributed by atoms with E-state index in [-0.39, 0.29) is 0 Å². The first-order chi connectivity index (χ1) is 12.2. The number of rotatable bonds is 6. The molecule has 2 aromatic carbocycles. The standard InChI is InChI=1S/C21H23N3O/c1-4-24(5-2)19-13-11-17(12-14-19)15-22-20-16(3)25-23-21(20)18-9-7-6-8-10-18/h6-15H,4-5H2,1-3H3. The lowest BCUT2D eigenvalue weighted by Gasteiger charge is -2.20. The summed E-state index contributed by atoms with van der Waals surface area (Å²) in [4.78, 5) is 6.95. The fraction of sp³-hybridized carbons (Fsp3) is 0.238. The molecule has 0 aliphatic heterocycles. The summed E-state index contributed by atoms with van der Waals surface area (Å²) in [5.41, 5.74) is 4.83. The Bertz CT molecular complexity index is 831. The van der Waals surface area contributed by atoms with Crippen molar-refractivity contribution >= 4 is 17.6 Å². The molecule has 0 amide bonds. The van der Waals surface area contributed by atoms with Crippen molar-refractivity contribution < 1.29 is 4.52 Å². The van der Waals surface area contributed by atoms with E-state index in [0.717, 1.165) is 41.4 Å². The van der Waals surface area contributed by atoms with Crippen molar-refractivity contribution in [3.8, 4) is 11.3 Å². The fourth-order valence-corrected chi connectivity index (χ4v) is 2.80. The van der Waals surface area contributed by atoms with Crippen LogP contribution < -0.4 is 4.90 Å². The van der Waals surface area contributed by atoms with Gasteiger partial charge < -0.3 is 9.42 Å². The number of hydrogen-bond donors (Lipinski definition) is 0. The van der Waals surface area contributed by atoms with Gasteiger partial charge in [0.15, 0.2) is 5.76 Å². The second-order valence-electron chi connectivity index (χ2n) is 5.82. The highest BCUT2D eigenvalue weighted by atomic mass is 16.5. The monoisotopic (exact) mass is 333 g/mol. The minimum absolute atomic E-state index is 0.717. The molecule has 4 nitrogen and oxygen atoms in total. The molecule has 0 unspecified atom stereocenters. The number of aromatic nitrogens is 1. The molecule has 25 heavy (non-hydrogen) atoms. The minimum Gasteiger partial charge on any atom is -0.372 e. The SMILES string of the molecule is CCN(CC)c1ccc(C=Nc2c(-c3ccccc3)noc2C)cc1. The summed E-state index contributed by atoms with van der Waals surface area (Å²) in [5, 5.41) is 4.16. The highest BCUT2D eigenvalue weighted by Gasteiger charge is 2.13.